The first-order chi connectivity index (χ1) is 10.3. The molecule has 0 unspecified atom stereocenters. The van der Waals surface area contributed by atoms with Crippen LogP contribution in [-0.4, -0.2) is 24.4 Å². The van der Waals surface area contributed by atoms with Gasteiger partial charge in [0.15, 0.2) is 5.01 Å². The molecule has 108 valence electrons. The Morgan fingerprint density at radius 2 is 1.81 bits per heavy atom. The highest BCUT2D eigenvalue weighted by Gasteiger charge is 2.04. The Bertz CT molecular complexity index is 758. The van der Waals surface area contributed by atoms with Crippen LogP contribution in [0.1, 0.15) is 5.01 Å². The average molecular weight is 301 g/mol. The van der Waals surface area contributed by atoms with E-state index in [1.807, 2.05) is 43.4 Å². The van der Waals surface area contributed by atoms with Crippen LogP contribution in [0, 0.1) is 0 Å². The molecule has 0 aliphatic rings. The molecule has 0 spiro atoms. The van der Waals surface area contributed by atoms with Crippen LogP contribution >= 0.6 is 11.3 Å². The first kappa shape index (κ1) is 13.6. The summed E-state index contributed by atoms with van der Waals surface area (Å²) in [4.78, 5) is 0. The van der Waals surface area contributed by atoms with E-state index in [4.69, 9.17) is 9.47 Å². The summed E-state index contributed by atoms with van der Waals surface area (Å²) in [6, 6.07) is 12.0. The summed E-state index contributed by atoms with van der Waals surface area (Å²) in [5.41, 5.74) is 0. The van der Waals surface area contributed by atoms with Gasteiger partial charge in [-0.25, -0.2) is 0 Å². The predicted molar refractivity (Wildman–Crippen MR) is 84.3 cm³/mol. The second kappa shape index (κ2) is 5.97. The first-order valence-corrected chi connectivity index (χ1v) is 7.31. The monoisotopic (exact) mass is 301 g/mol. The van der Waals surface area contributed by atoms with Crippen molar-refractivity contribution in [1.82, 2.24) is 10.2 Å². The van der Waals surface area contributed by atoms with E-state index in [-0.39, 0.29) is 0 Å². The van der Waals surface area contributed by atoms with Crippen molar-refractivity contribution in [1.29, 1.82) is 0 Å². The van der Waals surface area contributed by atoms with Gasteiger partial charge < -0.3 is 14.8 Å². The van der Waals surface area contributed by atoms with Crippen molar-refractivity contribution in [2.24, 2.45) is 0 Å². The number of nitrogens with one attached hydrogen (secondary N) is 1. The van der Waals surface area contributed by atoms with Crippen molar-refractivity contribution in [3.05, 3.63) is 41.4 Å². The van der Waals surface area contributed by atoms with Gasteiger partial charge in [0, 0.05) is 7.05 Å². The van der Waals surface area contributed by atoms with Crippen molar-refractivity contribution in [2.45, 2.75) is 6.61 Å². The number of hydrogen-bond donors (Lipinski definition) is 1. The Morgan fingerprint density at radius 3 is 2.52 bits per heavy atom. The predicted octanol–water partition coefficient (Wildman–Crippen LogP) is 3.32. The molecule has 0 aliphatic heterocycles. The Morgan fingerprint density at radius 1 is 1.05 bits per heavy atom. The van der Waals surface area contributed by atoms with Crippen molar-refractivity contribution in [3.63, 3.8) is 0 Å². The normalized spacial score (nSPS) is 10.6. The highest BCUT2D eigenvalue weighted by atomic mass is 32.1. The quantitative estimate of drug-likeness (QED) is 0.783. The molecule has 0 radical (unpaired) electrons. The lowest BCUT2D eigenvalue weighted by Crippen LogP contribution is -1.94. The number of ether oxygens (including phenoxy) is 2. The summed E-state index contributed by atoms with van der Waals surface area (Å²) in [5.74, 6) is 1.64. The van der Waals surface area contributed by atoms with Crippen molar-refractivity contribution in [3.8, 4) is 11.5 Å². The molecule has 0 aliphatic carbocycles. The molecule has 1 aromatic heterocycles. The molecule has 6 heteroatoms. The third-order valence-corrected chi connectivity index (χ3v) is 3.98. The smallest absolute Gasteiger partial charge is 0.205 e. The third-order valence-electron chi connectivity index (χ3n) is 3.06. The number of aromatic nitrogens is 2. The molecule has 0 fully saturated rings. The van der Waals surface area contributed by atoms with Gasteiger partial charge in [-0.15, -0.1) is 10.2 Å². The van der Waals surface area contributed by atoms with Crippen molar-refractivity contribution in [2.75, 3.05) is 19.5 Å². The summed E-state index contributed by atoms with van der Waals surface area (Å²) in [6.07, 6.45) is 0. The SMILES string of the molecule is CNc1nnc(COc2ccc3ccc(OC)cc3c2)s1. The van der Waals surface area contributed by atoms with Crippen LogP contribution in [0.3, 0.4) is 0 Å². The Balaban J connectivity index is 1.77. The van der Waals surface area contributed by atoms with E-state index in [1.165, 1.54) is 11.3 Å². The minimum absolute atomic E-state index is 0.412. The van der Waals surface area contributed by atoms with Gasteiger partial charge in [0.05, 0.1) is 7.11 Å². The fourth-order valence-electron chi connectivity index (χ4n) is 1.98. The number of benzene rings is 2. The molecule has 0 saturated heterocycles. The summed E-state index contributed by atoms with van der Waals surface area (Å²) >= 11 is 1.48. The largest absolute Gasteiger partial charge is 0.497 e. The second-order valence-corrected chi connectivity index (χ2v) is 5.48. The minimum atomic E-state index is 0.412. The average Bonchev–Trinajstić information content (AvgIpc) is 3.00. The molecule has 1 N–H and O–H groups in total. The molecule has 5 nitrogen and oxygen atoms in total. The molecular formula is C15H15N3O2S. The third kappa shape index (κ3) is 3.05. The minimum Gasteiger partial charge on any atom is -0.497 e. The molecule has 0 saturated carbocycles. The van der Waals surface area contributed by atoms with Gasteiger partial charge >= 0.3 is 0 Å². The molecule has 0 atom stereocenters. The Hall–Kier alpha value is -2.34. The van der Waals surface area contributed by atoms with Crippen LogP contribution in [-0.2, 0) is 6.61 Å². The molecule has 0 bridgehead atoms. The number of fused-ring (bicyclic) bond motifs is 1. The van der Waals surface area contributed by atoms with E-state index in [0.29, 0.717) is 6.61 Å². The van der Waals surface area contributed by atoms with Gasteiger partial charge in [0.25, 0.3) is 0 Å². The van der Waals surface area contributed by atoms with Gasteiger partial charge in [-0.05, 0) is 35.0 Å². The van der Waals surface area contributed by atoms with Gasteiger partial charge in [-0.3, -0.25) is 0 Å². The maximum Gasteiger partial charge on any atom is 0.205 e. The maximum absolute atomic E-state index is 5.77. The molecule has 0 amide bonds. The Kier molecular flexibility index (Phi) is 3.87. The van der Waals surface area contributed by atoms with Gasteiger partial charge in [0.1, 0.15) is 18.1 Å². The summed E-state index contributed by atoms with van der Waals surface area (Å²) in [6.45, 7) is 0.412. The molecule has 21 heavy (non-hydrogen) atoms. The Labute approximate surface area is 126 Å². The number of anilines is 1. The fourth-order valence-corrected chi connectivity index (χ4v) is 2.58. The van der Waals surface area contributed by atoms with Gasteiger partial charge in [-0.1, -0.05) is 23.5 Å². The standard InChI is InChI=1S/C15H15N3O2S/c1-16-15-18-17-14(21-15)9-20-13-6-4-10-3-5-12(19-2)7-11(10)8-13/h3-8H,9H2,1-2H3,(H,16,18). The van der Waals surface area contributed by atoms with E-state index in [1.54, 1.807) is 7.11 Å². The number of nitrogens with zero attached hydrogens (tertiary/aromatic N) is 2. The summed E-state index contributed by atoms with van der Waals surface area (Å²) in [5, 5.41) is 14.9. The topological polar surface area (TPSA) is 56.3 Å². The lowest BCUT2D eigenvalue weighted by Gasteiger charge is -2.06. The van der Waals surface area contributed by atoms with Crippen LogP contribution in [0.2, 0.25) is 0 Å². The molecule has 3 rings (SSSR count). The van der Waals surface area contributed by atoms with E-state index in [9.17, 15) is 0 Å². The van der Waals surface area contributed by atoms with Crippen LogP contribution in [0.5, 0.6) is 11.5 Å². The zero-order valence-corrected chi connectivity index (χ0v) is 12.6. The van der Waals surface area contributed by atoms with Gasteiger partial charge in [-0.2, -0.15) is 0 Å². The van der Waals surface area contributed by atoms with Crippen molar-refractivity contribution >= 4 is 27.2 Å². The van der Waals surface area contributed by atoms with Crippen LogP contribution in [0.4, 0.5) is 5.13 Å². The van der Waals surface area contributed by atoms with E-state index in [0.717, 1.165) is 32.4 Å². The fraction of sp³-hybridized carbons (Fsp3) is 0.200. The zero-order chi connectivity index (χ0) is 14.7. The zero-order valence-electron chi connectivity index (χ0n) is 11.8. The highest BCUT2D eigenvalue weighted by molar-refractivity contribution is 7.15. The first-order valence-electron chi connectivity index (χ1n) is 6.49. The maximum atomic E-state index is 5.77. The lowest BCUT2D eigenvalue weighted by molar-refractivity contribution is 0.305. The summed E-state index contributed by atoms with van der Waals surface area (Å²) < 4.78 is 11.0. The molecule has 3 aromatic rings. The van der Waals surface area contributed by atoms with Crippen LogP contribution < -0.4 is 14.8 Å². The lowest BCUT2D eigenvalue weighted by atomic mass is 10.1. The van der Waals surface area contributed by atoms with E-state index < -0.39 is 0 Å². The second-order valence-electron chi connectivity index (χ2n) is 4.41. The van der Waals surface area contributed by atoms with Crippen LogP contribution in [0.25, 0.3) is 10.8 Å². The molecular weight excluding hydrogens is 286 g/mol. The van der Waals surface area contributed by atoms with E-state index >= 15 is 0 Å². The van der Waals surface area contributed by atoms with Gasteiger partial charge in [0.2, 0.25) is 5.13 Å². The van der Waals surface area contributed by atoms with E-state index in [2.05, 4.69) is 15.5 Å². The number of hydrogen-bond acceptors (Lipinski definition) is 6. The van der Waals surface area contributed by atoms with Crippen LogP contribution in [0.15, 0.2) is 36.4 Å². The molecule has 2 aromatic carbocycles. The van der Waals surface area contributed by atoms with Crippen molar-refractivity contribution < 1.29 is 9.47 Å². The molecule has 1 heterocycles. The summed E-state index contributed by atoms with van der Waals surface area (Å²) in [7, 11) is 3.48. The number of methoxy groups -OCH3 is 1. The highest BCUT2D eigenvalue weighted by Crippen LogP contribution is 2.25. The number of rotatable bonds is 5.